The highest BCUT2D eigenvalue weighted by atomic mass is 16.5. The Morgan fingerprint density at radius 2 is 1.67 bits per heavy atom. The van der Waals surface area contributed by atoms with E-state index in [1.165, 1.54) is 6.07 Å². The molecule has 3 aromatic rings. The largest absolute Gasteiger partial charge is 0.486 e. The SMILES string of the molecule is Cc1ccc(C(=O)NNC(=O)c2ccc(COc3ccccc3)o2)c(C)c1. The van der Waals surface area contributed by atoms with Gasteiger partial charge in [0.25, 0.3) is 5.91 Å². The smallest absolute Gasteiger partial charge is 0.305 e. The summed E-state index contributed by atoms with van der Waals surface area (Å²) < 4.78 is 11.0. The van der Waals surface area contributed by atoms with Gasteiger partial charge in [0, 0.05) is 5.56 Å². The first-order valence-corrected chi connectivity index (χ1v) is 8.47. The molecule has 138 valence electrons. The molecule has 0 spiro atoms. The molecule has 27 heavy (non-hydrogen) atoms. The van der Waals surface area contributed by atoms with Crippen LogP contribution in [-0.2, 0) is 6.61 Å². The van der Waals surface area contributed by atoms with Crippen LogP contribution in [0.25, 0.3) is 0 Å². The van der Waals surface area contributed by atoms with E-state index >= 15 is 0 Å². The molecule has 2 aromatic carbocycles. The molecular weight excluding hydrogens is 344 g/mol. The zero-order chi connectivity index (χ0) is 19.2. The van der Waals surface area contributed by atoms with Crippen molar-refractivity contribution in [3.05, 3.63) is 88.9 Å². The van der Waals surface area contributed by atoms with E-state index in [4.69, 9.17) is 9.15 Å². The van der Waals surface area contributed by atoms with Crippen molar-refractivity contribution in [3.8, 4) is 5.75 Å². The van der Waals surface area contributed by atoms with Crippen molar-refractivity contribution in [1.82, 2.24) is 10.9 Å². The van der Waals surface area contributed by atoms with Gasteiger partial charge >= 0.3 is 5.91 Å². The lowest BCUT2D eigenvalue weighted by Crippen LogP contribution is -2.41. The van der Waals surface area contributed by atoms with Gasteiger partial charge in [-0.3, -0.25) is 20.4 Å². The van der Waals surface area contributed by atoms with E-state index < -0.39 is 5.91 Å². The number of carbonyl (C=O) groups is 2. The maximum atomic E-state index is 12.2. The number of ether oxygens (including phenoxy) is 1. The third-order valence-corrected chi connectivity index (χ3v) is 3.93. The number of aryl methyl sites for hydroxylation is 2. The highest BCUT2D eigenvalue weighted by Crippen LogP contribution is 2.14. The number of furan rings is 1. The summed E-state index contributed by atoms with van der Waals surface area (Å²) in [5.74, 6) is 0.368. The van der Waals surface area contributed by atoms with Crippen LogP contribution >= 0.6 is 0 Å². The first-order valence-electron chi connectivity index (χ1n) is 8.47. The average molecular weight is 364 g/mol. The molecule has 0 aliphatic heterocycles. The number of amides is 2. The fourth-order valence-corrected chi connectivity index (χ4v) is 2.56. The average Bonchev–Trinajstić information content (AvgIpc) is 3.14. The van der Waals surface area contributed by atoms with E-state index in [9.17, 15) is 9.59 Å². The first-order chi connectivity index (χ1) is 13.0. The van der Waals surface area contributed by atoms with Crippen LogP contribution < -0.4 is 15.6 Å². The summed E-state index contributed by atoms with van der Waals surface area (Å²) in [5, 5.41) is 0. The molecule has 0 bridgehead atoms. The Hall–Kier alpha value is -3.54. The fraction of sp³-hybridized carbons (Fsp3) is 0.143. The standard InChI is InChI=1S/C21H20N2O4/c1-14-8-10-18(15(2)12-14)20(24)22-23-21(25)19-11-9-17(27-19)13-26-16-6-4-3-5-7-16/h3-12H,13H2,1-2H3,(H,22,24)(H,23,25). The third-order valence-electron chi connectivity index (χ3n) is 3.93. The van der Waals surface area contributed by atoms with Crippen LogP contribution in [-0.4, -0.2) is 11.8 Å². The normalized spacial score (nSPS) is 10.3. The van der Waals surface area contributed by atoms with Crippen molar-refractivity contribution < 1.29 is 18.7 Å². The van der Waals surface area contributed by atoms with Gasteiger partial charge in [0.2, 0.25) is 0 Å². The number of rotatable bonds is 5. The molecule has 2 N–H and O–H groups in total. The predicted molar refractivity (Wildman–Crippen MR) is 100 cm³/mol. The topological polar surface area (TPSA) is 80.6 Å². The first kappa shape index (κ1) is 18.3. The van der Waals surface area contributed by atoms with Crippen molar-refractivity contribution in [2.75, 3.05) is 0 Å². The van der Waals surface area contributed by atoms with Crippen LogP contribution in [0, 0.1) is 13.8 Å². The minimum Gasteiger partial charge on any atom is -0.486 e. The Bertz CT molecular complexity index is 948. The minimum atomic E-state index is -0.543. The van der Waals surface area contributed by atoms with Gasteiger partial charge in [-0.1, -0.05) is 35.9 Å². The second-order valence-corrected chi connectivity index (χ2v) is 6.09. The maximum absolute atomic E-state index is 12.2. The summed E-state index contributed by atoms with van der Waals surface area (Å²) in [6.07, 6.45) is 0. The molecule has 6 nitrogen and oxygen atoms in total. The van der Waals surface area contributed by atoms with E-state index in [0.29, 0.717) is 17.1 Å². The summed E-state index contributed by atoms with van der Waals surface area (Å²) in [5.41, 5.74) is 7.14. The van der Waals surface area contributed by atoms with E-state index in [1.807, 2.05) is 56.3 Å². The van der Waals surface area contributed by atoms with Gasteiger partial charge in [0.1, 0.15) is 18.1 Å². The van der Waals surface area contributed by atoms with Gasteiger partial charge in [-0.15, -0.1) is 0 Å². The van der Waals surface area contributed by atoms with Crippen molar-refractivity contribution in [3.63, 3.8) is 0 Å². The fourth-order valence-electron chi connectivity index (χ4n) is 2.56. The molecule has 0 radical (unpaired) electrons. The molecule has 0 unspecified atom stereocenters. The second-order valence-electron chi connectivity index (χ2n) is 6.09. The molecule has 1 heterocycles. The summed E-state index contributed by atoms with van der Waals surface area (Å²) in [7, 11) is 0. The molecule has 0 atom stereocenters. The van der Waals surface area contributed by atoms with Crippen LogP contribution in [0.4, 0.5) is 0 Å². The zero-order valence-corrected chi connectivity index (χ0v) is 15.1. The van der Waals surface area contributed by atoms with Gasteiger partial charge in [0.15, 0.2) is 5.76 Å². The second kappa shape index (κ2) is 8.23. The molecular formula is C21H20N2O4. The van der Waals surface area contributed by atoms with Gasteiger partial charge < -0.3 is 9.15 Å². The highest BCUT2D eigenvalue weighted by Gasteiger charge is 2.14. The zero-order valence-electron chi connectivity index (χ0n) is 15.1. The third kappa shape index (κ3) is 4.76. The highest BCUT2D eigenvalue weighted by molar-refractivity contribution is 5.98. The molecule has 0 aliphatic rings. The molecule has 0 fully saturated rings. The lowest BCUT2D eigenvalue weighted by molar-refractivity contribution is 0.0828. The predicted octanol–water partition coefficient (Wildman–Crippen LogP) is 3.55. The Morgan fingerprint density at radius 3 is 2.41 bits per heavy atom. The summed E-state index contributed by atoms with van der Waals surface area (Å²) in [4.78, 5) is 24.3. The van der Waals surface area contributed by atoms with Crippen molar-refractivity contribution in [2.45, 2.75) is 20.5 Å². The van der Waals surface area contributed by atoms with Crippen LogP contribution in [0.15, 0.2) is 65.1 Å². The summed E-state index contributed by atoms with van der Waals surface area (Å²) >= 11 is 0. The summed E-state index contributed by atoms with van der Waals surface area (Å²) in [6.45, 7) is 3.99. The van der Waals surface area contributed by atoms with Crippen molar-refractivity contribution >= 4 is 11.8 Å². The van der Waals surface area contributed by atoms with E-state index in [0.717, 1.165) is 11.1 Å². The molecule has 0 saturated heterocycles. The Morgan fingerprint density at radius 1 is 0.926 bits per heavy atom. The number of hydrazine groups is 1. The number of benzene rings is 2. The molecule has 1 aromatic heterocycles. The lowest BCUT2D eigenvalue weighted by Gasteiger charge is -2.09. The number of hydrogen-bond donors (Lipinski definition) is 2. The lowest BCUT2D eigenvalue weighted by atomic mass is 10.1. The van der Waals surface area contributed by atoms with E-state index in [1.54, 1.807) is 12.1 Å². The number of hydrogen-bond acceptors (Lipinski definition) is 4. The van der Waals surface area contributed by atoms with Gasteiger partial charge in [-0.05, 0) is 49.7 Å². The molecule has 6 heteroatoms. The van der Waals surface area contributed by atoms with Crippen LogP contribution in [0.5, 0.6) is 5.75 Å². The minimum absolute atomic E-state index is 0.0857. The Labute approximate surface area is 157 Å². The van der Waals surface area contributed by atoms with E-state index in [-0.39, 0.29) is 18.3 Å². The van der Waals surface area contributed by atoms with Gasteiger partial charge in [-0.2, -0.15) is 0 Å². The van der Waals surface area contributed by atoms with Crippen LogP contribution in [0.3, 0.4) is 0 Å². The van der Waals surface area contributed by atoms with Crippen LogP contribution in [0.2, 0.25) is 0 Å². The molecule has 2 amide bonds. The number of para-hydroxylation sites is 1. The maximum Gasteiger partial charge on any atom is 0.305 e. The quantitative estimate of drug-likeness (QED) is 0.679. The van der Waals surface area contributed by atoms with E-state index in [2.05, 4.69) is 10.9 Å². The number of carbonyl (C=O) groups excluding carboxylic acids is 2. The van der Waals surface area contributed by atoms with Crippen molar-refractivity contribution in [2.24, 2.45) is 0 Å². The number of nitrogens with one attached hydrogen (secondary N) is 2. The van der Waals surface area contributed by atoms with Crippen LogP contribution in [0.1, 0.15) is 37.8 Å². The Kier molecular flexibility index (Phi) is 5.56. The van der Waals surface area contributed by atoms with Crippen molar-refractivity contribution in [1.29, 1.82) is 0 Å². The Balaban J connectivity index is 1.54. The molecule has 0 saturated carbocycles. The monoisotopic (exact) mass is 364 g/mol. The van der Waals surface area contributed by atoms with Gasteiger partial charge in [0.05, 0.1) is 0 Å². The molecule has 3 rings (SSSR count). The van der Waals surface area contributed by atoms with Gasteiger partial charge in [-0.25, -0.2) is 0 Å². The summed E-state index contributed by atoms with van der Waals surface area (Å²) in [6, 6.07) is 18.0. The molecule has 0 aliphatic carbocycles.